The van der Waals surface area contributed by atoms with Crippen LogP contribution >= 0.6 is 0 Å². The topological polar surface area (TPSA) is 89.8 Å². The zero-order valence-corrected chi connectivity index (χ0v) is 25.3. The third-order valence-corrected chi connectivity index (χ3v) is 7.63. The number of hydrogen-bond acceptors (Lipinski definition) is 4. The highest BCUT2D eigenvalue weighted by atomic mass is 16.3. The SMILES string of the molecule is CCCCCCCCC/C=C/C(O)C(CO)NC(=O)C(O)CCCCCCCCCCCCCCCCC. The van der Waals surface area contributed by atoms with E-state index in [-0.39, 0.29) is 6.61 Å². The summed E-state index contributed by atoms with van der Waals surface area (Å²) in [7, 11) is 0. The summed E-state index contributed by atoms with van der Waals surface area (Å²) in [5.74, 6) is -0.506. The molecule has 5 nitrogen and oxygen atoms in total. The fraction of sp³-hybridized carbons (Fsp3) is 0.909. The monoisotopic (exact) mass is 539 g/mol. The van der Waals surface area contributed by atoms with Crippen LogP contribution in [0.25, 0.3) is 0 Å². The van der Waals surface area contributed by atoms with Gasteiger partial charge in [0.25, 0.3) is 0 Å². The van der Waals surface area contributed by atoms with E-state index in [0.29, 0.717) is 6.42 Å². The molecule has 1 amide bonds. The lowest BCUT2D eigenvalue weighted by Gasteiger charge is -2.21. The molecule has 38 heavy (non-hydrogen) atoms. The number of aliphatic hydroxyl groups is 3. The maximum absolute atomic E-state index is 12.3. The van der Waals surface area contributed by atoms with Crippen molar-refractivity contribution in [2.24, 2.45) is 0 Å². The van der Waals surface area contributed by atoms with Gasteiger partial charge in [-0.3, -0.25) is 4.79 Å². The summed E-state index contributed by atoms with van der Waals surface area (Å²) in [6.45, 7) is 4.13. The predicted octanol–water partition coefficient (Wildman–Crippen LogP) is 8.14. The molecule has 0 aliphatic carbocycles. The van der Waals surface area contributed by atoms with Gasteiger partial charge in [-0.05, 0) is 19.3 Å². The Hall–Kier alpha value is -0.910. The van der Waals surface area contributed by atoms with E-state index in [1.54, 1.807) is 6.08 Å². The Morgan fingerprint density at radius 3 is 1.45 bits per heavy atom. The highest BCUT2D eigenvalue weighted by molar-refractivity contribution is 5.80. The van der Waals surface area contributed by atoms with Gasteiger partial charge in [0.15, 0.2) is 0 Å². The van der Waals surface area contributed by atoms with Gasteiger partial charge in [-0.2, -0.15) is 0 Å². The Kier molecular flexibility index (Phi) is 28.4. The highest BCUT2D eigenvalue weighted by Gasteiger charge is 2.22. The molecule has 0 spiro atoms. The number of aliphatic hydroxyl groups excluding tert-OH is 3. The number of unbranched alkanes of at least 4 members (excludes halogenated alkanes) is 21. The van der Waals surface area contributed by atoms with Gasteiger partial charge in [-0.25, -0.2) is 0 Å². The fourth-order valence-electron chi connectivity index (χ4n) is 4.95. The van der Waals surface area contributed by atoms with E-state index in [1.165, 1.54) is 116 Å². The normalized spacial score (nSPS) is 14.1. The molecule has 0 aromatic heterocycles. The summed E-state index contributed by atoms with van der Waals surface area (Å²) in [5, 5.41) is 32.7. The largest absolute Gasteiger partial charge is 0.394 e. The quantitative estimate of drug-likeness (QED) is 0.0570. The lowest BCUT2D eigenvalue weighted by molar-refractivity contribution is -0.131. The van der Waals surface area contributed by atoms with Gasteiger partial charge in [-0.1, -0.05) is 161 Å². The molecule has 226 valence electrons. The third kappa shape index (κ3) is 24.2. The minimum atomic E-state index is -1.09. The molecule has 0 aliphatic rings. The van der Waals surface area contributed by atoms with Crippen LogP contribution in [0, 0.1) is 0 Å². The van der Waals surface area contributed by atoms with Crippen molar-refractivity contribution >= 4 is 5.91 Å². The second-order valence-corrected chi connectivity index (χ2v) is 11.4. The summed E-state index contributed by atoms with van der Waals surface area (Å²) in [4.78, 5) is 12.3. The number of hydrogen-bond donors (Lipinski definition) is 4. The first-order valence-corrected chi connectivity index (χ1v) is 16.5. The summed E-state index contributed by atoms with van der Waals surface area (Å²) in [6.07, 6.45) is 30.8. The van der Waals surface area contributed by atoms with Crippen molar-refractivity contribution in [1.29, 1.82) is 0 Å². The molecule has 0 aliphatic heterocycles. The summed E-state index contributed by atoms with van der Waals surface area (Å²) < 4.78 is 0. The molecule has 0 radical (unpaired) electrons. The number of amides is 1. The van der Waals surface area contributed by atoms with E-state index in [9.17, 15) is 20.1 Å². The van der Waals surface area contributed by atoms with Crippen LogP contribution in [0.1, 0.15) is 168 Å². The number of allylic oxidation sites excluding steroid dienone is 1. The van der Waals surface area contributed by atoms with Crippen LogP contribution in [0.15, 0.2) is 12.2 Å². The van der Waals surface area contributed by atoms with Crippen molar-refractivity contribution in [3.8, 4) is 0 Å². The van der Waals surface area contributed by atoms with Crippen LogP contribution in [-0.2, 0) is 4.79 Å². The molecular weight excluding hydrogens is 474 g/mol. The zero-order valence-electron chi connectivity index (χ0n) is 25.3. The van der Waals surface area contributed by atoms with Crippen LogP contribution in [0.4, 0.5) is 0 Å². The van der Waals surface area contributed by atoms with Crippen molar-refractivity contribution in [3.63, 3.8) is 0 Å². The maximum Gasteiger partial charge on any atom is 0.249 e. The van der Waals surface area contributed by atoms with Gasteiger partial charge in [0, 0.05) is 0 Å². The number of rotatable bonds is 29. The average Bonchev–Trinajstić information content (AvgIpc) is 2.92. The van der Waals surface area contributed by atoms with E-state index in [0.717, 1.165) is 32.1 Å². The molecule has 3 unspecified atom stereocenters. The molecule has 0 saturated carbocycles. The van der Waals surface area contributed by atoms with Crippen LogP contribution in [0.2, 0.25) is 0 Å². The van der Waals surface area contributed by atoms with Gasteiger partial charge < -0.3 is 20.6 Å². The predicted molar refractivity (Wildman–Crippen MR) is 162 cm³/mol. The third-order valence-electron chi connectivity index (χ3n) is 7.63. The van der Waals surface area contributed by atoms with Crippen LogP contribution in [0.5, 0.6) is 0 Å². The van der Waals surface area contributed by atoms with E-state index >= 15 is 0 Å². The van der Waals surface area contributed by atoms with E-state index in [4.69, 9.17) is 0 Å². The van der Waals surface area contributed by atoms with Gasteiger partial charge >= 0.3 is 0 Å². The molecule has 0 saturated heterocycles. The van der Waals surface area contributed by atoms with Crippen LogP contribution in [0.3, 0.4) is 0 Å². The summed E-state index contributed by atoms with van der Waals surface area (Å²) >= 11 is 0. The first-order valence-electron chi connectivity index (χ1n) is 16.5. The van der Waals surface area contributed by atoms with E-state index in [2.05, 4.69) is 19.2 Å². The molecule has 0 rings (SSSR count). The minimum absolute atomic E-state index is 0.361. The Labute approximate surface area is 236 Å². The van der Waals surface area contributed by atoms with E-state index < -0.39 is 24.2 Å². The van der Waals surface area contributed by atoms with Crippen molar-refractivity contribution < 1.29 is 20.1 Å². The molecule has 0 aromatic rings. The average molecular weight is 540 g/mol. The molecule has 0 fully saturated rings. The van der Waals surface area contributed by atoms with E-state index in [1.807, 2.05) is 6.08 Å². The number of carbonyl (C=O) groups is 1. The standard InChI is InChI=1S/C33H65NO4/c1-3-5-7-9-11-13-14-15-16-17-18-20-22-24-26-28-32(37)33(38)34-30(29-35)31(36)27-25-23-21-19-12-10-8-6-4-2/h25,27,30-32,35-37H,3-24,26,28-29H2,1-2H3,(H,34,38)/b27-25+. The molecule has 0 heterocycles. The Balaban J connectivity index is 3.74. The van der Waals surface area contributed by atoms with Gasteiger partial charge in [0.2, 0.25) is 5.91 Å². The van der Waals surface area contributed by atoms with Gasteiger partial charge in [0.05, 0.1) is 18.8 Å². The van der Waals surface area contributed by atoms with Crippen LogP contribution < -0.4 is 5.32 Å². The van der Waals surface area contributed by atoms with Crippen molar-refractivity contribution in [2.45, 2.75) is 186 Å². The van der Waals surface area contributed by atoms with Crippen molar-refractivity contribution in [1.82, 2.24) is 5.32 Å². The molecule has 0 aromatic carbocycles. The molecular formula is C33H65NO4. The molecule has 5 heteroatoms. The lowest BCUT2D eigenvalue weighted by Crippen LogP contribution is -2.48. The number of nitrogens with one attached hydrogen (secondary N) is 1. The Bertz CT molecular complexity index is 525. The summed E-state index contributed by atoms with van der Waals surface area (Å²) in [5.41, 5.74) is 0. The first-order chi connectivity index (χ1) is 18.6. The second-order valence-electron chi connectivity index (χ2n) is 11.4. The van der Waals surface area contributed by atoms with Gasteiger partial charge in [-0.15, -0.1) is 0 Å². The summed E-state index contributed by atoms with van der Waals surface area (Å²) in [6, 6.07) is -0.788. The Morgan fingerprint density at radius 1 is 0.632 bits per heavy atom. The van der Waals surface area contributed by atoms with Crippen LogP contribution in [-0.4, -0.2) is 46.1 Å². The van der Waals surface area contributed by atoms with Gasteiger partial charge in [0.1, 0.15) is 6.10 Å². The second kappa shape index (κ2) is 29.1. The lowest BCUT2D eigenvalue weighted by atomic mass is 10.0. The van der Waals surface area contributed by atoms with Crippen molar-refractivity contribution in [3.05, 3.63) is 12.2 Å². The molecule has 4 N–H and O–H groups in total. The minimum Gasteiger partial charge on any atom is -0.394 e. The first kappa shape index (κ1) is 37.1. The smallest absolute Gasteiger partial charge is 0.249 e. The zero-order chi connectivity index (χ0) is 28.1. The number of carbonyl (C=O) groups excluding carboxylic acids is 1. The maximum atomic E-state index is 12.3. The van der Waals surface area contributed by atoms with Crippen molar-refractivity contribution in [2.75, 3.05) is 6.61 Å². The highest BCUT2D eigenvalue weighted by Crippen LogP contribution is 2.14. The Morgan fingerprint density at radius 2 is 1.03 bits per heavy atom. The molecule has 3 atom stereocenters. The molecule has 0 bridgehead atoms. The fourth-order valence-corrected chi connectivity index (χ4v) is 4.95.